The van der Waals surface area contributed by atoms with E-state index in [1.807, 2.05) is 60.5 Å². The molecule has 2 unspecified atom stereocenters. The second-order valence-electron chi connectivity index (χ2n) is 7.41. The molecule has 0 aliphatic carbocycles. The number of hydrogen-bond donors (Lipinski definition) is 0. The lowest BCUT2D eigenvalue weighted by molar-refractivity contribution is -0.154. The monoisotopic (exact) mass is 338 g/mol. The van der Waals surface area contributed by atoms with Crippen LogP contribution in [0.25, 0.3) is 0 Å². The number of ether oxygens (including phenoxy) is 1. The third kappa shape index (κ3) is 4.07. The molecule has 0 saturated carbocycles. The Morgan fingerprint density at radius 1 is 1.28 bits per heavy atom. The minimum absolute atomic E-state index is 0.0618. The molecule has 2 atom stereocenters. The first-order valence-corrected chi connectivity index (χ1v) is 8.84. The minimum Gasteiger partial charge on any atom is -0.374 e. The summed E-state index contributed by atoms with van der Waals surface area (Å²) in [5.74, 6) is -0.0508. The summed E-state index contributed by atoms with van der Waals surface area (Å²) in [5, 5.41) is 0. The lowest BCUT2D eigenvalue weighted by Gasteiger charge is -2.46. The van der Waals surface area contributed by atoms with E-state index < -0.39 is 0 Å². The molecule has 25 heavy (non-hydrogen) atoms. The van der Waals surface area contributed by atoms with Crippen molar-refractivity contribution in [1.82, 2.24) is 9.88 Å². The standard InChI is InChI=1S/C21H26N2O2/c1-16-14-23(21(2,3)15-25-16)20(24)19(18-9-5-4-6-10-18)12-17-8-7-11-22-13-17/h4-11,13,16,19H,12,14-15H2,1-3H3. The molecule has 1 aromatic carbocycles. The summed E-state index contributed by atoms with van der Waals surface area (Å²) in [4.78, 5) is 19.7. The lowest BCUT2D eigenvalue weighted by Crippen LogP contribution is -2.59. The summed E-state index contributed by atoms with van der Waals surface area (Å²) in [6.07, 6.45) is 4.32. The summed E-state index contributed by atoms with van der Waals surface area (Å²) in [5.41, 5.74) is 1.82. The first kappa shape index (κ1) is 17.6. The number of rotatable bonds is 4. The summed E-state index contributed by atoms with van der Waals surface area (Å²) >= 11 is 0. The Morgan fingerprint density at radius 3 is 2.72 bits per heavy atom. The van der Waals surface area contributed by atoms with Crippen LogP contribution in [0.4, 0.5) is 0 Å². The number of carbonyl (C=O) groups is 1. The van der Waals surface area contributed by atoms with Gasteiger partial charge in [-0.1, -0.05) is 36.4 Å². The van der Waals surface area contributed by atoms with Crippen molar-refractivity contribution < 1.29 is 9.53 Å². The Labute approximate surface area is 149 Å². The van der Waals surface area contributed by atoms with E-state index in [1.54, 1.807) is 6.20 Å². The van der Waals surface area contributed by atoms with E-state index in [-0.39, 0.29) is 23.5 Å². The lowest BCUT2D eigenvalue weighted by atomic mass is 9.89. The number of hydrogen-bond acceptors (Lipinski definition) is 3. The predicted molar refractivity (Wildman–Crippen MR) is 98.3 cm³/mol. The fourth-order valence-electron chi connectivity index (χ4n) is 3.35. The molecule has 1 aliphatic heterocycles. The predicted octanol–water partition coefficient (Wildman–Crippen LogP) is 3.43. The van der Waals surface area contributed by atoms with Crippen LogP contribution < -0.4 is 0 Å². The molecular formula is C21H26N2O2. The van der Waals surface area contributed by atoms with E-state index in [2.05, 4.69) is 18.8 Å². The van der Waals surface area contributed by atoms with Crippen molar-refractivity contribution in [2.45, 2.75) is 44.8 Å². The fraction of sp³-hybridized carbons (Fsp3) is 0.429. The number of benzene rings is 1. The van der Waals surface area contributed by atoms with Crippen molar-refractivity contribution >= 4 is 5.91 Å². The van der Waals surface area contributed by atoms with Gasteiger partial charge in [-0.3, -0.25) is 9.78 Å². The van der Waals surface area contributed by atoms with Gasteiger partial charge in [0, 0.05) is 18.9 Å². The molecule has 4 heteroatoms. The highest BCUT2D eigenvalue weighted by molar-refractivity contribution is 5.85. The number of pyridine rings is 1. The fourth-order valence-corrected chi connectivity index (χ4v) is 3.35. The molecule has 2 heterocycles. The van der Waals surface area contributed by atoms with Gasteiger partial charge in [-0.2, -0.15) is 0 Å². The third-order valence-corrected chi connectivity index (χ3v) is 4.82. The summed E-state index contributed by atoms with van der Waals surface area (Å²) in [7, 11) is 0. The van der Waals surface area contributed by atoms with Crippen molar-refractivity contribution in [2.24, 2.45) is 0 Å². The van der Waals surface area contributed by atoms with Gasteiger partial charge in [0.15, 0.2) is 0 Å². The Morgan fingerprint density at radius 2 is 2.04 bits per heavy atom. The van der Waals surface area contributed by atoms with Gasteiger partial charge in [0.1, 0.15) is 0 Å². The highest BCUT2D eigenvalue weighted by atomic mass is 16.5. The van der Waals surface area contributed by atoms with Crippen LogP contribution in [0.2, 0.25) is 0 Å². The molecular weight excluding hydrogens is 312 g/mol. The first-order chi connectivity index (χ1) is 12.0. The van der Waals surface area contributed by atoms with E-state index in [9.17, 15) is 4.79 Å². The zero-order valence-corrected chi connectivity index (χ0v) is 15.2. The van der Waals surface area contributed by atoms with E-state index >= 15 is 0 Å². The molecule has 0 spiro atoms. The second-order valence-corrected chi connectivity index (χ2v) is 7.41. The number of carbonyl (C=O) groups excluding carboxylic acids is 1. The van der Waals surface area contributed by atoms with Crippen molar-refractivity contribution in [1.29, 1.82) is 0 Å². The molecule has 4 nitrogen and oxygen atoms in total. The molecule has 0 radical (unpaired) electrons. The van der Waals surface area contributed by atoms with Gasteiger partial charge in [-0.05, 0) is 44.4 Å². The number of morpholine rings is 1. The summed E-state index contributed by atoms with van der Waals surface area (Å²) in [6.45, 7) is 7.36. The van der Waals surface area contributed by atoms with E-state index in [1.165, 1.54) is 0 Å². The van der Waals surface area contributed by atoms with Gasteiger partial charge in [-0.25, -0.2) is 0 Å². The molecule has 1 fully saturated rings. The van der Waals surface area contributed by atoms with Crippen LogP contribution in [0.1, 0.15) is 37.8 Å². The van der Waals surface area contributed by atoms with Crippen LogP contribution in [0.5, 0.6) is 0 Å². The van der Waals surface area contributed by atoms with E-state index in [0.29, 0.717) is 19.6 Å². The second kappa shape index (κ2) is 7.36. The third-order valence-electron chi connectivity index (χ3n) is 4.82. The quantitative estimate of drug-likeness (QED) is 0.858. The molecule has 2 aromatic rings. The van der Waals surface area contributed by atoms with Crippen LogP contribution in [-0.4, -0.2) is 40.6 Å². The normalized spacial score (nSPS) is 20.9. The SMILES string of the molecule is CC1CN(C(=O)C(Cc2cccnc2)c2ccccc2)C(C)(C)CO1. The molecule has 1 aliphatic rings. The van der Waals surface area contributed by atoms with Crippen molar-refractivity contribution in [3.63, 3.8) is 0 Å². The molecule has 132 valence electrons. The summed E-state index contributed by atoms with van der Waals surface area (Å²) < 4.78 is 5.77. The van der Waals surface area contributed by atoms with Gasteiger partial charge >= 0.3 is 0 Å². The zero-order valence-electron chi connectivity index (χ0n) is 15.2. The zero-order chi connectivity index (χ0) is 17.9. The first-order valence-electron chi connectivity index (χ1n) is 8.84. The maximum atomic E-state index is 13.5. The Kier molecular flexibility index (Phi) is 5.19. The number of nitrogens with zero attached hydrogens (tertiary/aromatic N) is 2. The molecule has 1 amide bonds. The molecule has 0 N–H and O–H groups in total. The molecule has 1 saturated heterocycles. The van der Waals surface area contributed by atoms with Gasteiger partial charge in [0.2, 0.25) is 5.91 Å². The van der Waals surface area contributed by atoms with Crippen molar-refractivity contribution in [2.75, 3.05) is 13.2 Å². The van der Waals surface area contributed by atoms with Crippen LogP contribution in [0.15, 0.2) is 54.9 Å². The topological polar surface area (TPSA) is 42.4 Å². The Balaban J connectivity index is 1.92. The van der Waals surface area contributed by atoms with Crippen LogP contribution in [0.3, 0.4) is 0 Å². The Bertz CT molecular complexity index is 700. The maximum absolute atomic E-state index is 13.5. The highest BCUT2D eigenvalue weighted by Crippen LogP contribution is 2.29. The average Bonchev–Trinajstić information content (AvgIpc) is 2.63. The molecule has 1 aromatic heterocycles. The Hall–Kier alpha value is -2.20. The van der Waals surface area contributed by atoms with Crippen LogP contribution >= 0.6 is 0 Å². The van der Waals surface area contributed by atoms with Gasteiger partial charge in [-0.15, -0.1) is 0 Å². The van der Waals surface area contributed by atoms with E-state index in [0.717, 1.165) is 11.1 Å². The van der Waals surface area contributed by atoms with Crippen molar-refractivity contribution in [3.05, 3.63) is 66.0 Å². The largest absolute Gasteiger partial charge is 0.374 e. The summed E-state index contributed by atoms with van der Waals surface area (Å²) in [6, 6.07) is 14.0. The van der Waals surface area contributed by atoms with Gasteiger partial charge in [0.25, 0.3) is 0 Å². The van der Waals surface area contributed by atoms with Crippen LogP contribution in [0, 0.1) is 0 Å². The number of aromatic nitrogens is 1. The maximum Gasteiger partial charge on any atom is 0.231 e. The van der Waals surface area contributed by atoms with E-state index in [4.69, 9.17) is 4.74 Å². The molecule has 3 rings (SSSR count). The van der Waals surface area contributed by atoms with Crippen molar-refractivity contribution in [3.8, 4) is 0 Å². The minimum atomic E-state index is -0.300. The average molecular weight is 338 g/mol. The smallest absolute Gasteiger partial charge is 0.231 e. The molecule has 0 bridgehead atoms. The highest BCUT2D eigenvalue weighted by Gasteiger charge is 2.39. The number of amides is 1. The van der Waals surface area contributed by atoms with Crippen LogP contribution in [-0.2, 0) is 16.0 Å². The van der Waals surface area contributed by atoms with Gasteiger partial charge in [0.05, 0.1) is 24.2 Å². The van der Waals surface area contributed by atoms with Gasteiger partial charge < -0.3 is 9.64 Å².